The predicted octanol–water partition coefficient (Wildman–Crippen LogP) is 3.03. The molecule has 4 heteroatoms. The standard InChI is InChI=1S/C13H12N2OS/c1-8-4-2-6-10(14-8)13-15-9-5-3-7-11(16)12(9)17-13/h2,4,6H,3,5,7H2,1H3. The summed E-state index contributed by atoms with van der Waals surface area (Å²) in [6.45, 7) is 1.96. The Labute approximate surface area is 104 Å². The van der Waals surface area contributed by atoms with Crippen molar-refractivity contribution in [3.63, 3.8) is 0 Å². The number of carbonyl (C=O) groups is 1. The Bertz CT molecular complexity index is 589. The Morgan fingerprint density at radius 1 is 1.24 bits per heavy atom. The van der Waals surface area contributed by atoms with E-state index in [0.717, 1.165) is 39.8 Å². The van der Waals surface area contributed by atoms with Crippen LogP contribution in [0.25, 0.3) is 10.7 Å². The summed E-state index contributed by atoms with van der Waals surface area (Å²) in [6.07, 6.45) is 2.51. The topological polar surface area (TPSA) is 42.9 Å². The number of hydrogen-bond acceptors (Lipinski definition) is 4. The minimum atomic E-state index is 0.239. The summed E-state index contributed by atoms with van der Waals surface area (Å²) in [7, 11) is 0. The largest absolute Gasteiger partial charge is 0.293 e. The molecule has 0 bridgehead atoms. The highest BCUT2D eigenvalue weighted by molar-refractivity contribution is 7.17. The maximum absolute atomic E-state index is 11.7. The molecule has 2 heterocycles. The fourth-order valence-electron chi connectivity index (χ4n) is 2.04. The second-order valence-corrected chi connectivity index (χ2v) is 5.23. The fraction of sp³-hybridized carbons (Fsp3) is 0.308. The molecule has 0 saturated heterocycles. The number of hydrogen-bond donors (Lipinski definition) is 0. The lowest BCUT2D eigenvalue weighted by atomic mass is 10.0. The van der Waals surface area contributed by atoms with Gasteiger partial charge in [-0.25, -0.2) is 4.98 Å². The molecule has 0 amide bonds. The van der Waals surface area contributed by atoms with E-state index < -0.39 is 0 Å². The van der Waals surface area contributed by atoms with Crippen LogP contribution in [0.3, 0.4) is 0 Å². The number of carbonyl (C=O) groups excluding carboxylic acids is 1. The lowest BCUT2D eigenvalue weighted by Crippen LogP contribution is -2.07. The van der Waals surface area contributed by atoms with E-state index in [1.165, 1.54) is 11.3 Å². The third-order valence-electron chi connectivity index (χ3n) is 2.88. The van der Waals surface area contributed by atoms with E-state index in [-0.39, 0.29) is 5.78 Å². The van der Waals surface area contributed by atoms with Crippen LogP contribution in [-0.4, -0.2) is 15.8 Å². The molecule has 0 atom stereocenters. The molecule has 0 spiro atoms. The molecule has 17 heavy (non-hydrogen) atoms. The third kappa shape index (κ3) is 1.89. The van der Waals surface area contributed by atoms with Crippen molar-refractivity contribution in [2.24, 2.45) is 0 Å². The van der Waals surface area contributed by atoms with Gasteiger partial charge in [-0.3, -0.25) is 9.78 Å². The molecule has 0 aromatic carbocycles. The molecular weight excluding hydrogens is 232 g/mol. The summed E-state index contributed by atoms with van der Waals surface area (Å²) < 4.78 is 0. The van der Waals surface area contributed by atoms with Crippen molar-refractivity contribution in [1.29, 1.82) is 0 Å². The highest BCUT2D eigenvalue weighted by Gasteiger charge is 2.22. The van der Waals surface area contributed by atoms with Gasteiger partial charge in [0.15, 0.2) is 5.78 Å². The predicted molar refractivity (Wildman–Crippen MR) is 67.4 cm³/mol. The van der Waals surface area contributed by atoms with Crippen molar-refractivity contribution in [2.45, 2.75) is 26.2 Å². The highest BCUT2D eigenvalue weighted by Crippen LogP contribution is 2.31. The first-order valence-corrected chi connectivity index (χ1v) is 6.52. The Kier molecular flexibility index (Phi) is 2.52. The zero-order valence-electron chi connectivity index (χ0n) is 9.56. The maximum Gasteiger partial charge on any atom is 0.174 e. The number of pyridine rings is 1. The smallest absolute Gasteiger partial charge is 0.174 e. The lowest BCUT2D eigenvalue weighted by molar-refractivity contribution is 0.0976. The number of aromatic nitrogens is 2. The number of thiazole rings is 1. The molecule has 0 N–H and O–H groups in total. The average Bonchev–Trinajstić information content (AvgIpc) is 2.74. The number of Topliss-reactive ketones (excluding diaryl/α,β-unsaturated/α-hetero) is 1. The van der Waals surface area contributed by atoms with Crippen molar-refractivity contribution >= 4 is 17.1 Å². The SMILES string of the molecule is Cc1cccc(-c2nc3c(s2)C(=O)CCC3)n1. The number of ketones is 1. The molecule has 86 valence electrons. The second kappa shape index (κ2) is 4.04. The van der Waals surface area contributed by atoms with Crippen molar-refractivity contribution in [2.75, 3.05) is 0 Å². The summed E-state index contributed by atoms with van der Waals surface area (Å²) in [4.78, 5) is 21.6. The van der Waals surface area contributed by atoms with E-state index in [1.54, 1.807) is 0 Å². The van der Waals surface area contributed by atoms with Gasteiger partial charge in [-0.1, -0.05) is 6.07 Å². The van der Waals surface area contributed by atoms with Crippen molar-refractivity contribution in [1.82, 2.24) is 9.97 Å². The average molecular weight is 244 g/mol. The van der Waals surface area contributed by atoms with Gasteiger partial charge in [-0.2, -0.15) is 0 Å². The van der Waals surface area contributed by atoms with Gasteiger partial charge in [0, 0.05) is 12.1 Å². The van der Waals surface area contributed by atoms with Crippen LogP contribution in [-0.2, 0) is 6.42 Å². The summed E-state index contributed by atoms with van der Waals surface area (Å²) in [5.41, 5.74) is 2.81. The number of rotatable bonds is 1. The monoisotopic (exact) mass is 244 g/mol. The fourth-order valence-corrected chi connectivity index (χ4v) is 3.09. The van der Waals surface area contributed by atoms with E-state index in [9.17, 15) is 4.79 Å². The van der Waals surface area contributed by atoms with Gasteiger partial charge >= 0.3 is 0 Å². The molecule has 0 radical (unpaired) electrons. The molecule has 3 nitrogen and oxygen atoms in total. The summed E-state index contributed by atoms with van der Waals surface area (Å²) in [5, 5.41) is 0.869. The number of nitrogens with zero attached hydrogens (tertiary/aromatic N) is 2. The Morgan fingerprint density at radius 3 is 2.88 bits per heavy atom. The summed E-state index contributed by atoms with van der Waals surface area (Å²) in [6, 6.07) is 5.88. The normalized spacial score (nSPS) is 14.8. The van der Waals surface area contributed by atoms with Crippen LogP contribution in [0.4, 0.5) is 0 Å². The molecule has 0 saturated carbocycles. The molecule has 2 aromatic rings. The Hall–Kier alpha value is -1.55. The van der Waals surface area contributed by atoms with Gasteiger partial charge in [0.05, 0.1) is 16.3 Å². The minimum absolute atomic E-state index is 0.239. The molecule has 0 unspecified atom stereocenters. The van der Waals surface area contributed by atoms with Gasteiger partial charge in [0.1, 0.15) is 5.01 Å². The summed E-state index contributed by atoms with van der Waals surface area (Å²) >= 11 is 1.48. The zero-order chi connectivity index (χ0) is 11.8. The van der Waals surface area contributed by atoms with Crippen LogP contribution in [0.2, 0.25) is 0 Å². The van der Waals surface area contributed by atoms with Crippen molar-refractivity contribution in [3.05, 3.63) is 34.5 Å². The first-order chi connectivity index (χ1) is 8.24. The van der Waals surface area contributed by atoms with Gasteiger partial charge in [-0.05, 0) is 31.9 Å². The molecule has 1 aliphatic carbocycles. The van der Waals surface area contributed by atoms with E-state index in [1.807, 2.05) is 25.1 Å². The van der Waals surface area contributed by atoms with Crippen LogP contribution in [0.1, 0.15) is 33.9 Å². The molecule has 1 aliphatic rings. The molecular formula is C13H12N2OS. The zero-order valence-corrected chi connectivity index (χ0v) is 10.4. The Morgan fingerprint density at radius 2 is 2.12 bits per heavy atom. The Balaban J connectivity index is 2.08. The van der Waals surface area contributed by atoms with Crippen LogP contribution in [0.15, 0.2) is 18.2 Å². The highest BCUT2D eigenvalue weighted by atomic mass is 32.1. The third-order valence-corrected chi connectivity index (χ3v) is 4.04. The van der Waals surface area contributed by atoms with E-state index in [4.69, 9.17) is 0 Å². The van der Waals surface area contributed by atoms with E-state index >= 15 is 0 Å². The second-order valence-electron chi connectivity index (χ2n) is 4.24. The first kappa shape index (κ1) is 10.6. The maximum atomic E-state index is 11.7. The van der Waals surface area contributed by atoms with Gasteiger partial charge in [0.2, 0.25) is 0 Å². The van der Waals surface area contributed by atoms with Gasteiger partial charge < -0.3 is 0 Å². The van der Waals surface area contributed by atoms with Gasteiger partial charge in [0.25, 0.3) is 0 Å². The molecule has 3 rings (SSSR count). The first-order valence-electron chi connectivity index (χ1n) is 5.71. The van der Waals surface area contributed by atoms with E-state index in [0.29, 0.717) is 6.42 Å². The van der Waals surface area contributed by atoms with Crippen LogP contribution in [0, 0.1) is 6.92 Å². The number of fused-ring (bicyclic) bond motifs is 1. The molecule has 0 fully saturated rings. The van der Waals surface area contributed by atoms with Gasteiger partial charge in [-0.15, -0.1) is 11.3 Å². The molecule has 0 aliphatic heterocycles. The van der Waals surface area contributed by atoms with E-state index in [2.05, 4.69) is 9.97 Å². The minimum Gasteiger partial charge on any atom is -0.293 e. The lowest BCUT2D eigenvalue weighted by Gasteiger charge is -2.06. The summed E-state index contributed by atoms with van der Waals surface area (Å²) in [5.74, 6) is 0.239. The van der Waals surface area contributed by atoms with Crippen molar-refractivity contribution < 1.29 is 4.79 Å². The quantitative estimate of drug-likeness (QED) is 0.774. The van der Waals surface area contributed by atoms with Crippen LogP contribution in [0.5, 0.6) is 0 Å². The van der Waals surface area contributed by atoms with Crippen LogP contribution < -0.4 is 0 Å². The van der Waals surface area contributed by atoms with Crippen LogP contribution >= 0.6 is 11.3 Å². The molecule has 2 aromatic heterocycles. The van der Waals surface area contributed by atoms with Crippen molar-refractivity contribution in [3.8, 4) is 10.7 Å². The number of aryl methyl sites for hydroxylation is 2.